The number of amides is 2. The van der Waals surface area contributed by atoms with Crippen LogP contribution in [0.5, 0.6) is 0 Å². The second-order valence-electron chi connectivity index (χ2n) is 9.95. The van der Waals surface area contributed by atoms with Gasteiger partial charge in [-0.25, -0.2) is 4.39 Å². The van der Waals surface area contributed by atoms with Crippen LogP contribution in [0.2, 0.25) is 0 Å². The molecule has 0 unspecified atom stereocenters. The van der Waals surface area contributed by atoms with Crippen molar-refractivity contribution in [2.45, 2.75) is 70.5 Å². The van der Waals surface area contributed by atoms with E-state index in [1.807, 2.05) is 17.0 Å². The largest absolute Gasteiger partial charge is 0.337 e. The monoisotopic (exact) mass is 435 g/mol. The molecule has 168 valence electrons. The number of halogens is 1. The predicted octanol–water partition coefficient (Wildman–Crippen LogP) is 4.21. The Morgan fingerprint density at radius 3 is 2.66 bits per heavy atom. The Morgan fingerprint density at radius 2 is 1.91 bits per heavy atom. The number of benzene rings is 1. The minimum Gasteiger partial charge on any atom is -0.337 e. The molecule has 6 heteroatoms. The second kappa shape index (κ2) is 7.98. The number of nitrogens with zero attached hydrogens (tertiary/aromatic N) is 3. The predicted molar refractivity (Wildman–Crippen MR) is 120 cm³/mol. The third-order valence-electron chi connectivity index (χ3n) is 7.89. The number of aromatic nitrogens is 1. The third-order valence-corrected chi connectivity index (χ3v) is 7.89. The summed E-state index contributed by atoms with van der Waals surface area (Å²) in [6.07, 6.45) is 9.03. The minimum atomic E-state index is -0.266. The molecule has 2 aliphatic heterocycles. The Bertz CT molecular complexity index is 1060. The fourth-order valence-electron chi connectivity index (χ4n) is 6.55. The molecule has 5 nitrogen and oxygen atoms in total. The first-order valence-electron chi connectivity index (χ1n) is 11.6. The molecule has 3 fully saturated rings. The fourth-order valence-corrected chi connectivity index (χ4v) is 6.55. The van der Waals surface area contributed by atoms with Gasteiger partial charge in [-0.2, -0.15) is 0 Å². The summed E-state index contributed by atoms with van der Waals surface area (Å²) < 4.78 is 13.6. The maximum atomic E-state index is 13.8. The van der Waals surface area contributed by atoms with E-state index in [0.717, 1.165) is 43.2 Å². The molecule has 32 heavy (non-hydrogen) atoms. The molecule has 0 N–H and O–H groups in total. The lowest BCUT2D eigenvalue weighted by molar-refractivity contribution is -0.136. The van der Waals surface area contributed by atoms with Crippen LogP contribution in [0.4, 0.5) is 4.39 Å². The standard InChI is InChI=1S/C26H30FN3O2/c1-17(31)29-16-22-13-26(2)23(29)8-3-4-9-24(26)30(22)25(32)20-11-19(14-28-15-20)10-18-6-5-7-21(27)12-18/h5-7,11-12,14-15,22-24H,3-4,8-10,13,16H2,1-2H3/t22-,23+,24-,26+/m0/s1. The van der Waals surface area contributed by atoms with Crippen molar-refractivity contribution in [3.05, 3.63) is 65.2 Å². The Labute approximate surface area is 188 Å². The van der Waals surface area contributed by atoms with Crippen LogP contribution in [0, 0.1) is 11.2 Å². The smallest absolute Gasteiger partial charge is 0.256 e. The third kappa shape index (κ3) is 3.50. The van der Waals surface area contributed by atoms with E-state index in [-0.39, 0.29) is 41.2 Å². The molecule has 3 aliphatic rings. The molecule has 2 bridgehead atoms. The number of hydrogen-bond donors (Lipinski definition) is 0. The quantitative estimate of drug-likeness (QED) is 0.726. The van der Waals surface area contributed by atoms with Crippen molar-refractivity contribution in [2.24, 2.45) is 5.41 Å². The van der Waals surface area contributed by atoms with E-state index in [1.165, 1.54) is 12.1 Å². The molecule has 1 aliphatic carbocycles. The summed E-state index contributed by atoms with van der Waals surface area (Å²) in [6, 6.07) is 8.80. The average Bonchev–Trinajstić information content (AvgIpc) is 2.87. The topological polar surface area (TPSA) is 53.5 Å². The molecular weight excluding hydrogens is 405 g/mol. The number of carbonyl (C=O) groups excluding carboxylic acids is 2. The van der Waals surface area contributed by atoms with E-state index in [9.17, 15) is 14.0 Å². The molecule has 1 saturated carbocycles. The molecule has 1 aromatic carbocycles. The van der Waals surface area contributed by atoms with E-state index in [4.69, 9.17) is 0 Å². The molecule has 2 aromatic rings. The van der Waals surface area contributed by atoms with Crippen LogP contribution in [-0.4, -0.2) is 51.3 Å². The van der Waals surface area contributed by atoms with E-state index >= 15 is 0 Å². The number of likely N-dealkylation sites (tertiary alicyclic amines) is 2. The first-order valence-corrected chi connectivity index (χ1v) is 11.6. The highest BCUT2D eigenvalue weighted by molar-refractivity contribution is 5.95. The summed E-state index contributed by atoms with van der Waals surface area (Å²) in [6.45, 7) is 4.55. The van der Waals surface area contributed by atoms with Crippen molar-refractivity contribution in [3.63, 3.8) is 0 Å². The second-order valence-corrected chi connectivity index (χ2v) is 9.95. The van der Waals surface area contributed by atoms with Gasteiger partial charge in [-0.3, -0.25) is 14.6 Å². The molecule has 4 atom stereocenters. The molecule has 2 amide bonds. The van der Waals surface area contributed by atoms with Gasteiger partial charge in [0, 0.05) is 43.4 Å². The summed E-state index contributed by atoms with van der Waals surface area (Å²) in [4.78, 5) is 34.7. The van der Waals surface area contributed by atoms with Gasteiger partial charge in [0.1, 0.15) is 5.82 Å². The first-order chi connectivity index (χ1) is 15.4. The maximum absolute atomic E-state index is 13.8. The van der Waals surface area contributed by atoms with Crippen molar-refractivity contribution < 1.29 is 14.0 Å². The molecule has 0 radical (unpaired) electrons. The molecule has 0 spiro atoms. The van der Waals surface area contributed by atoms with E-state index in [0.29, 0.717) is 18.5 Å². The van der Waals surface area contributed by atoms with Crippen molar-refractivity contribution in [1.82, 2.24) is 14.8 Å². The van der Waals surface area contributed by atoms with Gasteiger partial charge in [0.05, 0.1) is 11.6 Å². The lowest BCUT2D eigenvalue weighted by atomic mass is 9.71. The summed E-state index contributed by atoms with van der Waals surface area (Å²) in [5.41, 5.74) is 2.25. The number of pyridine rings is 1. The van der Waals surface area contributed by atoms with Gasteiger partial charge >= 0.3 is 0 Å². The highest BCUT2D eigenvalue weighted by Gasteiger charge is 2.60. The fraction of sp³-hybridized carbons (Fsp3) is 0.500. The van der Waals surface area contributed by atoms with Gasteiger partial charge in [-0.15, -0.1) is 0 Å². The van der Waals surface area contributed by atoms with Crippen LogP contribution in [0.1, 0.15) is 67.4 Å². The number of fused-ring (bicyclic) bond motifs is 1. The maximum Gasteiger partial charge on any atom is 0.256 e. The van der Waals surface area contributed by atoms with Crippen LogP contribution in [0.15, 0.2) is 42.7 Å². The zero-order chi connectivity index (χ0) is 22.5. The first kappa shape index (κ1) is 21.1. The van der Waals surface area contributed by atoms with Gasteiger partial charge in [-0.1, -0.05) is 31.9 Å². The van der Waals surface area contributed by atoms with Crippen LogP contribution in [0.3, 0.4) is 0 Å². The van der Waals surface area contributed by atoms with Crippen LogP contribution >= 0.6 is 0 Å². The Balaban J connectivity index is 1.45. The van der Waals surface area contributed by atoms with Crippen molar-refractivity contribution in [3.8, 4) is 0 Å². The van der Waals surface area contributed by atoms with Gasteiger partial charge < -0.3 is 9.80 Å². The number of carbonyl (C=O) groups is 2. The van der Waals surface area contributed by atoms with Gasteiger partial charge in [-0.05, 0) is 55.0 Å². The summed E-state index contributed by atoms with van der Waals surface area (Å²) in [5, 5.41) is 0. The van der Waals surface area contributed by atoms with Gasteiger partial charge in [0.15, 0.2) is 0 Å². The van der Waals surface area contributed by atoms with E-state index in [2.05, 4.69) is 16.8 Å². The minimum absolute atomic E-state index is 0.00312. The summed E-state index contributed by atoms with van der Waals surface area (Å²) in [5.74, 6) is -0.152. The van der Waals surface area contributed by atoms with Crippen molar-refractivity contribution >= 4 is 11.8 Å². The highest BCUT2D eigenvalue weighted by atomic mass is 19.1. The lowest BCUT2D eigenvalue weighted by Crippen LogP contribution is -2.55. The molecule has 3 heterocycles. The Hall–Kier alpha value is -2.76. The number of piperidine rings is 1. The zero-order valence-electron chi connectivity index (χ0n) is 18.8. The lowest BCUT2D eigenvalue weighted by Gasteiger charge is -2.46. The van der Waals surface area contributed by atoms with Crippen molar-refractivity contribution in [1.29, 1.82) is 0 Å². The Kier molecular flexibility index (Phi) is 5.26. The van der Waals surface area contributed by atoms with Gasteiger partial charge in [0.2, 0.25) is 5.91 Å². The van der Waals surface area contributed by atoms with Crippen LogP contribution in [0.25, 0.3) is 0 Å². The van der Waals surface area contributed by atoms with Gasteiger partial charge in [0.25, 0.3) is 5.91 Å². The SMILES string of the molecule is CC(=O)N1C[C@@H]2C[C@@]3(C)[C@H](CCCC[C@@H]13)N2C(=O)c1cncc(Cc2cccc(F)c2)c1. The molecule has 5 rings (SSSR count). The Morgan fingerprint density at radius 1 is 1.12 bits per heavy atom. The zero-order valence-corrected chi connectivity index (χ0v) is 18.8. The van der Waals surface area contributed by atoms with E-state index in [1.54, 1.807) is 25.4 Å². The highest BCUT2D eigenvalue weighted by Crippen LogP contribution is 2.53. The van der Waals surface area contributed by atoms with Crippen molar-refractivity contribution in [2.75, 3.05) is 6.54 Å². The summed E-state index contributed by atoms with van der Waals surface area (Å²) in [7, 11) is 0. The number of rotatable bonds is 3. The molecule has 2 saturated heterocycles. The van der Waals surface area contributed by atoms with Crippen LogP contribution < -0.4 is 0 Å². The molecule has 1 aromatic heterocycles. The van der Waals surface area contributed by atoms with E-state index < -0.39 is 0 Å². The summed E-state index contributed by atoms with van der Waals surface area (Å²) >= 11 is 0. The number of hydrogen-bond acceptors (Lipinski definition) is 3. The average molecular weight is 436 g/mol. The van der Waals surface area contributed by atoms with Crippen LogP contribution in [-0.2, 0) is 11.2 Å². The normalized spacial score (nSPS) is 29.0. The molecular formula is C26H30FN3O2.